The number of carbonyl (C=O) groups excluding carboxylic acids is 1. The lowest BCUT2D eigenvalue weighted by molar-refractivity contribution is -0.141. The van der Waals surface area contributed by atoms with E-state index in [4.69, 9.17) is 0 Å². The third-order valence-electron chi connectivity index (χ3n) is 5.50. The number of pyridine rings is 1. The van der Waals surface area contributed by atoms with Crippen LogP contribution in [0.5, 0.6) is 0 Å². The van der Waals surface area contributed by atoms with Gasteiger partial charge in [-0.15, -0.1) is 0 Å². The van der Waals surface area contributed by atoms with Gasteiger partial charge in [-0.1, -0.05) is 0 Å². The Hall–Kier alpha value is -3.52. The SMILES string of the molecule is O=C(NCc1cc(-c2cnc(C(F)(F)F)cn2)c(F)cn1)[C@@H]1CCCN1S(=O)(=O)c1ccc(F)cc1. The molecule has 0 bridgehead atoms. The molecule has 0 spiro atoms. The van der Waals surface area contributed by atoms with Crippen molar-refractivity contribution in [2.45, 2.75) is 36.5 Å². The van der Waals surface area contributed by atoms with E-state index in [1.165, 1.54) is 6.07 Å². The number of carbonyl (C=O) groups is 1. The molecule has 0 unspecified atom stereocenters. The minimum Gasteiger partial charge on any atom is -0.349 e. The zero-order valence-electron chi connectivity index (χ0n) is 18.3. The number of sulfonamides is 1. The third-order valence-corrected chi connectivity index (χ3v) is 7.42. The minimum atomic E-state index is -4.70. The van der Waals surface area contributed by atoms with Crippen molar-refractivity contribution in [2.75, 3.05) is 6.54 Å². The fourth-order valence-corrected chi connectivity index (χ4v) is 5.37. The highest BCUT2D eigenvalue weighted by molar-refractivity contribution is 7.89. The van der Waals surface area contributed by atoms with Crippen LogP contribution < -0.4 is 5.32 Å². The maximum Gasteiger partial charge on any atom is 0.434 e. The van der Waals surface area contributed by atoms with Crippen LogP contribution in [0.15, 0.2) is 53.8 Å². The molecule has 2 aromatic heterocycles. The topological polar surface area (TPSA) is 105 Å². The number of hydrogen-bond donors (Lipinski definition) is 1. The highest BCUT2D eigenvalue weighted by atomic mass is 32.2. The van der Waals surface area contributed by atoms with Crippen molar-refractivity contribution in [1.82, 2.24) is 24.6 Å². The summed E-state index contributed by atoms with van der Waals surface area (Å²) in [6.45, 7) is -0.107. The Balaban J connectivity index is 1.47. The van der Waals surface area contributed by atoms with E-state index in [-0.39, 0.29) is 41.4 Å². The van der Waals surface area contributed by atoms with Crippen LogP contribution in [0.25, 0.3) is 11.3 Å². The maximum absolute atomic E-state index is 14.3. The van der Waals surface area contributed by atoms with E-state index in [2.05, 4.69) is 20.3 Å². The highest BCUT2D eigenvalue weighted by Crippen LogP contribution is 2.29. The Morgan fingerprint density at radius 3 is 2.42 bits per heavy atom. The molecule has 1 aromatic carbocycles. The molecule has 1 aliphatic heterocycles. The maximum atomic E-state index is 14.3. The van der Waals surface area contributed by atoms with E-state index in [1.54, 1.807) is 0 Å². The van der Waals surface area contributed by atoms with Crippen LogP contribution in [0.2, 0.25) is 0 Å². The Morgan fingerprint density at radius 2 is 1.78 bits per heavy atom. The zero-order chi connectivity index (χ0) is 26.1. The van der Waals surface area contributed by atoms with Crippen molar-refractivity contribution >= 4 is 15.9 Å². The van der Waals surface area contributed by atoms with Gasteiger partial charge in [0.25, 0.3) is 0 Å². The van der Waals surface area contributed by atoms with E-state index < -0.39 is 45.5 Å². The zero-order valence-corrected chi connectivity index (χ0v) is 19.2. The molecule has 3 aromatic rings. The van der Waals surface area contributed by atoms with Crippen LogP contribution in [0.3, 0.4) is 0 Å². The largest absolute Gasteiger partial charge is 0.434 e. The fourth-order valence-electron chi connectivity index (χ4n) is 3.72. The quantitative estimate of drug-likeness (QED) is 0.494. The Kier molecular flexibility index (Phi) is 7.00. The molecule has 1 atom stereocenters. The average molecular weight is 527 g/mol. The van der Waals surface area contributed by atoms with Crippen molar-refractivity contribution in [3.05, 3.63) is 71.9 Å². The lowest BCUT2D eigenvalue weighted by Gasteiger charge is -2.23. The summed E-state index contributed by atoms with van der Waals surface area (Å²) in [6.07, 6.45) is -1.92. The summed E-state index contributed by atoms with van der Waals surface area (Å²) in [7, 11) is -4.05. The molecular weight excluding hydrogens is 509 g/mol. The number of benzene rings is 1. The molecule has 1 aliphatic rings. The molecular formula is C22H18F5N5O3S. The molecule has 4 rings (SSSR count). The molecule has 190 valence electrons. The third kappa shape index (κ3) is 5.33. The van der Waals surface area contributed by atoms with E-state index in [0.29, 0.717) is 12.6 Å². The van der Waals surface area contributed by atoms with Gasteiger partial charge in [-0.25, -0.2) is 22.2 Å². The summed E-state index contributed by atoms with van der Waals surface area (Å²) in [6, 6.07) is 4.45. The van der Waals surface area contributed by atoms with Gasteiger partial charge in [-0.3, -0.25) is 14.8 Å². The van der Waals surface area contributed by atoms with Gasteiger partial charge < -0.3 is 5.32 Å². The lowest BCUT2D eigenvalue weighted by Crippen LogP contribution is -2.45. The highest BCUT2D eigenvalue weighted by Gasteiger charge is 2.39. The number of nitrogens with one attached hydrogen (secondary N) is 1. The Bertz CT molecular complexity index is 1370. The van der Waals surface area contributed by atoms with Crippen LogP contribution in [0.1, 0.15) is 24.2 Å². The molecule has 14 heteroatoms. The van der Waals surface area contributed by atoms with Crippen molar-refractivity contribution in [2.24, 2.45) is 0 Å². The van der Waals surface area contributed by atoms with Crippen LogP contribution in [0, 0.1) is 11.6 Å². The fraction of sp³-hybridized carbons (Fsp3) is 0.273. The average Bonchev–Trinajstić information content (AvgIpc) is 3.34. The second-order valence-corrected chi connectivity index (χ2v) is 9.78. The van der Waals surface area contributed by atoms with Gasteiger partial charge in [0.2, 0.25) is 15.9 Å². The number of rotatable bonds is 6. The predicted octanol–water partition coefficient (Wildman–Crippen LogP) is 3.31. The summed E-state index contributed by atoms with van der Waals surface area (Å²) < 4.78 is 92.5. The lowest BCUT2D eigenvalue weighted by atomic mass is 10.1. The summed E-state index contributed by atoms with van der Waals surface area (Å²) in [4.78, 5) is 23.4. The Labute approximate surface area is 202 Å². The smallest absolute Gasteiger partial charge is 0.349 e. The van der Waals surface area contributed by atoms with E-state index >= 15 is 0 Å². The van der Waals surface area contributed by atoms with Gasteiger partial charge in [0.05, 0.1) is 41.4 Å². The molecule has 1 amide bonds. The van der Waals surface area contributed by atoms with Crippen LogP contribution >= 0.6 is 0 Å². The number of alkyl halides is 3. The molecule has 0 radical (unpaired) electrons. The first-order chi connectivity index (χ1) is 17.0. The van der Waals surface area contributed by atoms with Gasteiger partial charge in [-0.2, -0.15) is 17.5 Å². The van der Waals surface area contributed by atoms with Gasteiger partial charge in [0, 0.05) is 12.1 Å². The van der Waals surface area contributed by atoms with Crippen molar-refractivity contribution in [1.29, 1.82) is 0 Å². The summed E-state index contributed by atoms with van der Waals surface area (Å²) >= 11 is 0. The van der Waals surface area contributed by atoms with Crippen LogP contribution in [-0.4, -0.2) is 46.2 Å². The van der Waals surface area contributed by atoms with Gasteiger partial charge in [0.1, 0.15) is 11.9 Å². The van der Waals surface area contributed by atoms with Gasteiger partial charge in [0.15, 0.2) is 11.5 Å². The molecule has 1 saturated heterocycles. The monoisotopic (exact) mass is 527 g/mol. The van der Waals surface area contributed by atoms with E-state index in [0.717, 1.165) is 41.0 Å². The molecule has 8 nitrogen and oxygen atoms in total. The first kappa shape index (κ1) is 25.6. The molecule has 1 N–H and O–H groups in total. The van der Waals surface area contributed by atoms with E-state index in [1.807, 2.05) is 0 Å². The first-order valence-corrected chi connectivity index (χ1v) is 12.0. The number of amides is 1. The second-order valence-electron chi connectivity index (χ2n) is 7.89. The van der Waals surface area contributed by atoms with Crippen LogP contribution in [0.4, 0.5) is 22.0 Å². The standard InChI is InChI=1S/C22H18F5N5O3S/c23-13-3-5-15(6-4-13)36(34,35)32-7-1-2-19(32)21(33)31-9-14-8-16(17(24)10-28-14)18-11-30-20(12-29-18)22(25,26)27/h3-6,8,10-12,19H,1-2,7,9H2,(H,31,33)/t19-/m0/s1. The number of nitrogens with zero attached hydrogens (tertiary/aromatic N) is 4. The predicted molar refractivity (Wildman–Crippen MR) is 115 cm³/mol. The van der Waals surface area contributed by atoms with Gasteiger partial charge >= 0.3 is 6.18 Å². The molecule has 0 aliphatic carbocycles. The molecule has 0 saturated carbocycles. The second kappa shape index (κ2) is 9.85. The number of halogens is 5. The number of hydrogen-bond acceptors (Lipinski definition) is 6. The van der Waals surface area contributed by atoms with E-state index in [9.17, 15) is 35.2 Å². The molecule has 1 fully saturated rings. The molecule has 3 heterocycles. The van der Waals surface area contributed by atoms with Crippen molar-refractivity contribution in [3.8, 4) is 11.3 Å². The Morgan fingerprint density at radius 1 is 1.06 bits per heavy atom. The van der Waals surface area contributed by atoms with Crippen molar-refractivity contribution < 1.29 is 35.2 Å². The summed E-state index contributed by atoms with van der Waals surface area (Å²) in [5, 5.41) is 2.56. The minimum absolute atomic E-state index is 0.101. The normalized spacial score (nSPS) is 16.8. The summed E-state index contributed by atoms with van der Waals surface area (Å²) in [5.74, 6) is -2.07. The summed E-state index contributed by atoms with van der Waals surface area (Å²) in [5.41, 5.74) is -1.41. The number of aromatic nitrogens is 3. The molecule has 36 heavy (non-hydrogen) atoms. The van der Waals surface area contributed by atoms with Crippen molar-refractivity contribution in [3.63, 3.8) is 0 Å². The van der Waals surface area contributed by atoms with Gasteiger partial charge in [-0.05, 0) is 43.2 Å². The van der Waals surface area contributed by atoms with Crippen LogP contribution in [-0.2, 0) is 27.5 Å². The first-order valence-electron chi connectivity index (χ1n) is 10.6.